The summed E-state index contributed by atoms with van der Waals surface area (Å²) in [4.78, 5) is 0. The van der Waals surface area contributed by atoms with Crippen LogP contribution in [0.4, 0.5) is 10.1 Å². The topological polar surface area (TPSA) is 35.2 Å². The summed E-state index contributed by atoms with van der Waals surface area (Å²) in [6.07, 6.45) is 0. The van der Waals surface area contributed by atoms with Gasteiger partial charge in [0.05, 0.1) is 0 Å². The van der Waals surface area contributed by atoms with Crippen LogP contribution in [0.5, 0.6) is 5.75 Å². The summed E-state index contributed by atoms with van der Waals surface area (Å²) in [5, 5.41) is 0. The monoisotopic (exact) mass is 323 g/mol. The van der Waals surface area contributed by atoms with E-state index in [1.807, 2.05) is 26.0 Å². The second-order valence-electron chi connectivity index (χ2n) is 4.54. The van der Waals surface area contributed by atoms with Crippen LogP contribution in [0.1, 0.15) is 16.7 Å². The Morgan fingerprint density at radius 1 is 1.11 bits per heavy atom. The summed E-state index contributed by atoms with van der Waals surface area (Å²) in [5.41, 5.74) is 9.37. The van der Waals surface area contributed by atoms with Crippen molar-refractivity contribution in [3.05, 3.63) is 57.3 Å². The summed E-state index contributed by atoms with van der Waals surface area (Å²) < 4.78 is 19.6. The third kappa shape index (κ3) is 3.47. The van der Waals surface area contributed by atoms with Crippen LogP contribution in [0.2, 0.25) is 0 Å². The Balaban J connectivity index is 2.16. The van der Waals surface area contributed by atoms with Crippen molar-refractivity contribution in [2.75, 3.05) is 5.73 Å². The maximum atomic E-state index is 13.2. The van der Waals surface area contributed by atoms with Crippen LogP contribution in [0.25, 0.3) is 0 Å². The minimum Gasteiger partial charge on any atom is -0.489 e. The first-order valence-electron chi connectivity index (χ1n) is 5.90. The third-order valence-corrected chi connectivity index (χ3v) is 3.34. The smallest absolute Gasteiger partial charge is 0.124 e. The lowest BCUT2D eigenvalue weighted by atomic mass is 10.1. The molecule has 2 aromatic carbocycles. The lowest BCUT2D eigenvalue weighted by molar-refractivity contribution is 0.303. The van der Waals surface area contributed by atoms with Crippen molar-refractivity contribution in [2.24, 2.45) is 0 Å². The van der Waals surface area contributed by atoms with Gasteiger partial charge in [0.2, 0.25) is 0 Å². The van der Waals surface area contributed by atoms with Crippen LogP contribution in [0.15, 0.2) is 34.8 Å². The highest BCUT2D eigenvalue weighted by molar-refractivity contribution is 9.10. The molecule has 0 bridgehead atoms. The van der Waals surface area contributed by atoms with Crippen LogP contribution in [0.3, 0.4) is 0 Å². The van der Waals surface area contributed by atoms with Crippen LogP contribution >= 0.6 is 15.9 Å². The number of rotatable bonds is 3. The molecule has 0 atom stereocenters. The fourth-order valence-corrected chi connectivity index (χ4v) is 2.37. The van der Waals surface area contributed by atoms with E-state index in [1.54, 1.807) is 6.07 Å². The van der Waals surface area contributed by atoms with Gasteiger partial charge < -0.3 is 10.5 Å². The molecule has 4 heteroatoms. The Bertz CT molecular complexity index is 593. The first-order chi connectivity index (χ1) is 8.95. The number of benzene rings is 2. The van der Waals surface area contributed by atoms with E-state index in [4.69, 9.17) is 10.5 Å². The predicted octanol–water partition coefficient (Wildman–Crippen LogP) is 4.37. The normalized spacial score (nSPS) is 10.5. The van der Waals surface area contributed by atoms with E-state index < -0.39 is 0 Å². The number of hydrogen-bond acceptors (Lipinski definition) is 2. The van der Waals surface area contributed by atoms with E-state index in [0.29, 0.717) is 16.8 Å². The SMILES string of the molecule is Cc1cc(C)c(OCc2cc(F)cc(Br)c2)cc1N. The zero-order chi connectivity index (χ0) is 14.0. The maximum Gasteiger partial charge on any atom is 0.124 e. The average Bonchev–Trinajstić information content (AvgIpc) is 2.31. The molecule has 0 aliphatic heterocycles. The molecule has 0 saturated heterocycles. The number of anilines is 1. The summed E-state index contributed by atoms with van der Waals surface area (Å²) in [6.45, 7) is 4.22. The third-order valence-electron chi connectivity index (χ3n) is 2.88. The Kier molecular flexibility index (Phi) is 4.10. The van der Waals surface area contributed by atoms with Crippen LogP contribution in [-0.2, 0) is 6.61 Å². The first-order valence-corrected chi connectivity index (χ1v) is 6.69. The average molecular weight is 324 g/mol. The Hall–Kier alpha value is -1.55. The van der Waals surface area contributed by atoms with Crippen molar-refractivity contribution >= 4 is 21.6 Å². The zero-order valence-electron chi connectivity index (χ0n) is 10.8. The number of ether oxygens (including phenoxy) is 1. The van der Waals surface area contributed by atoms with E-state index in [1.165, 1.54) is 12.1 Å². The number of halogens is 2. The minimum absolute atomic E-state index is 0.284. The summed E-state index contributed by atoms with van der Waals surface area (Å²) in [6, 6.07) is 8.48. The van der Waals surface area contributed by atoms with Gasteiger partial charge >= 0.3 is 0 Å². The molecule has 100 valence electrons. The van der Waals surface area contributed by atoms with Crippen LogP contribution in [-0.4, -0.2) is 0 Å². The van der Waals surface area contributed by atoms with Crippen LogP contribution < -0.4 is 10.5 Å². The fraction of sp³-hybridized carbons (Fsp3) is 0.200. The molecule has 0 spiro atoms. The van der Waals surface area contributed by atoms with Crippen molar-refractivity contribution in [3.63, 3.8) is 0 Å². The molecule has 0 amide bonds. The molecule has 0 aromatic heterocycles. The second-order valence-corrected chi connectivity index (χ2v) is 5.46. The molecule has 0 aliphatic carbocycles. The largest absolute Gasteiger partial charge is 0.489 e. The van der Waals surface area contributed by atoms with Gasteiger partial charge in [0, 0.05) is 16.2 Å². The molecule has 0 fully saturated rings. The standard InChI is InChI=1S/C15H15BrFNO/c1-9-3-10(2)15(7-14(9)18)19-8-11-4-12(16)6-13(17)5-11/h3-7H,8,18H2,1-2H3. The Morgan fingerprint density at radius 3 is 2.53 bits per heavy atom. The van der Waals surface area contributed by atoms with Gasteiger partial charge in [0.25, 0.3) is 0 Å². The molecule has 0 unspecified atom stereocenters. The first kappa shape index (κ1) is 13.9. The molecule has 19 heavy (non-hydrogen) atoms. The van der Waals surface area contributed by atoms with Gasteiger partial charge in [0.15, 0.2) is 0 Å². The fourth-order valence-electron chi connectivity index (χ4n) is 1.86. The second kappa shape index (κ2) is 5.61. The lowest BCUT2D eigenvalue weighted by Crippen LogP contribution is -2.00. The molecule has 2 N–H and O–H groups in total. The van der Waals surface area contributed by atoms with E-state index in [2.05, 4.69) is 15.9 Å². The van der Waals surface area contributed by atoms with E-state index in [0.717, 1.165) is 22.4 Å². The molecule has 0 aliphatic rings. The van der Waals surface area contributed by atoms with Crippen molar-refractivity contribution in [1.82, 2.24) is 0 Å². The van der Waals surface area contributed by atoms with E-state index in [9.17, 15) is 4.39 Å². The lowest BCUT2D eigenvalue weighted by Gasteiger charge is -2.12. The van der Waals surface area contributed by atoms with Crippen LogP contribution in [0, 0.1) is 19.7 Å². The summed E-state index contributed by atoms with van der Waals surface area (Å²) in [5.74, 6) is 0.441. The molecule has 0 radical (unpaired) electrons. The van der Waals surface area contributed by atoms with Gasteiger partial charge in [-0.2, -0.15) is 0 Å². The van der Waals surface area contributed by atoms with Gasteiger partial charge in [-0.15, -0.1) is 0 Å². The number of hydrogen-bond donors (Lipinski definition) is 1. The Labute approximate surface area is 120 Å². The van der Waals surface area contributed by atoms with Gasteiger partial charge in [-0.1, -0.05) is 22.0 Å². The molecule has 2 aromatic rings. The van der Waals surface area contributed by atoms with Gasteiger partial charge in [0.1, 0.15) is 18.2 Å². The Morgan fingerprint density at radius 2 is 1.84 bits per heavy atom. The number of aryl methyl sites for hydroxylation is 2. The van der Waals surface area contributed by atoms with Gasteiger partial charge in [-0.3, -0.25) is 0 Å². The van der Waals surface area contributed by atoms with Crippen molar-refractivity contribution < 1.29 is 9.13 Å². The maximum absolute atomic E-state index is 13.2. The van der Waals surface area contributed by atoms with Crippen molar-refractivity contribution in [3.8, 4) is 5.75 Å². The highest BCUT2D eigenvalue weighted by Gasteiger charge is 2.05. The molecule has 2 nitrogen and oxygen atoms in total. The molecule has 0 saturated carbocycles. The number of nitrogens with two attached hydrogens (primary N) is 1. The van der Waals surface area contributed by atoms with Crippen molar-refractivity contribution in [2.45, 2.75) is 20.5 Å². The highest BCUT2D eigenvalue weighted by Crippen LogP contribution is 2.25. The zero-order valence-corrected chi connectivity index (χ0v) is 12.4. The molecular weight excluding hydrogens is 309 g/mol. The number of nitrogen functional groups attached to an aromatic ring is 1. The molecule has 0 heterocycles. The van der Waals surface area contributed by atoms with E-state index in [-0.39, 0.29) is 5.82 Å². The minimum atomic E-state index is -0.284. The highest BCUT2D eigenvalue weighted by atomic mass is 79.9. The molecule has 2 rings (SSSR count). The van der Waals surface area contributed by atoms with Gasteiger partial charge in [-0.25, -0.2) is 4.39 Å². The molecular formula is C15H15BrFNO. The van der Waals surface area contributed by atoms with Gasteiger partial charge in [-0.05, 0) is 48.7 Å². The summed E-state index contributed by atoms with van der Waals surface area (Å²) >= 11 is 3.26. The predicted molar refractivity (Wildman–Crippen MR) is 78.8 cm³/mol. The van der Waals surface area contributed by atoms with Crippen molar-refractivity contribution in [1.29, 1.82) is 0 Å². The summed E-state index contributed by atoms with van der Waals surface area (Å²) in [7, 11) is 0. The quantitative estimate of drug-likeness (QED) is 0.851. The van der Waals surface area contributed by atoms with E-state index >= 15 is 0 Å².